The summed E-state index contributed by atoms with van der Waals surface area (Å²) in [5.41, 5.74) is 0. The molecule has 0 N–H and O–H groups in total. The summed E-state index contributed by atoms with van der Waals surface area (Å²) in [6, 6.07) is 0. The third kappa shape index (κ3) is 425. The molecule has 0 fully saturated rings. The Morgan fingerprint density at radius 1 is 0.615 bits per heavy atom. The van der Waals surface area contributed by atoms with Crippen molar-refractivity contribution in [3.8, 4) is 0 Å². The van der Waals surface area contributed by atoms with Gasteiger partial charge in [0.05, 0.1) is 0 Å². The largest absolute Gasteiger partial charge is 2.00 e. The summed E-state index contributed by atoms with van der Waals surface area (Å²) in [5, 5.41) is 33.3. The molecule has 0 aliphatic carbocycles. The summed E-state index contributed by atoms with van der Waals surface area (Å²) in [6.07, 6.45) is -4.67. The summed E-state index contributed by atoms with van der Waals surface area (Å²) in [6.45, 7) is 0. The average molecular weight is 272 g/mol. The number of hydrogen-bond donors (Lipinski definition) is 0. The van der Waals surface area contributed by atoms with Crippen molar-refractivity contribution in [2.75, 3.05) is 0 Å². The van der Waals surface area contributed by atoms with E-state index in [4.69, 9.17) is 30.0 Å². The fraction of sp³-hybridized carbons (Fsp3) is 0. The number of carboxylic acid groups (broad SMARTS) is 4. The second kappa shape index (κ2) is 36.8. The molecule has 0 amide bonds. The molecule has 0 bridgehead atoms. The number of carbonyl (C=O) groups excluding carboxylic acids is 2. The molecule has 0 aromatic heterocycles. The smallest absolute Gasteiger partial charge is 1.00 e. The van der Waals surface area contributed by atoms with Gasteiger partial charge in [0.1, 0.15) is 0 Å². The summed E-state index contributed by atoms with van der Waals surface area (Å²) >= 11 is 0. The average Bonchev–Trinajstić information content (AvgIpc) is 1.25. The SMILES string of the molecule is O=C([O-])[O-].O=C([O-])[O-].[Ca+2].[Ca+2].[Ca+2].[O-].[O-]. The van der Waals surface area contributed by atoms with Crippen LogP contribution < -0.4 is 20.4 Å². The molecule has 0 rings (SSSR count). The van der Waals surface area contributed by atoms with Crippen LogP contribution >= 0.6 is 0 Å². The quantitative estimate of drug-likeness (QED) is 0.395. The summed E-state index contributed by atoms with van der Waals surface area (Å²) in [4.78, 5) is 16.7. The zero-order valence-corrected chi connectivity index (χ0v) is 13.0. The number of hydrogen-bond acceptors (Lipinski definition) is 8. The Labute approximate surface area is 163 Å². The van der Waals surface area contributed by atoms with Gasteiger partial charge in [-0.15, -0.1) is 0 Å². The minimum Gasteiger partial charge on any atom is -1.00 e. The number of carbonyl (C=O) groups is 2. The molecule has 0 aliphatic heterocycles. The monoisotopic (exact) mass is 272 g/mol. The van der Waals surface area contributed by atoms with Crippen LogP contribution in [0.4, 0.5) is 9.59 Å². The van der Waals surface area contributed by atoms with Gasteiger partial charge in [-0.05, 0) is 12.3 Å². The Morgan fingerprint density at radius 2 is 0.615 bits per heavy atom. The van der Waals surface area contributed by atoms with Crippen molar-refractivity contribution in [3.05, 3.63) is 0 Å². The Kier molecular flexibility index (Phi) is 129. The Balaban J connectivity index is -0.00000000800. The van der Waals surface area contributed by atoms with Crippen molar-refractivity contribution in [2.24, 2.45) is 0 Å². The van der Waals surface area contributed by atoms with E-state index in [-0.39, 0.29) is 124 Å². The fourth-order valence-corrected chi connectivity index (χ4v) is 0. The zero-order chi connectivity index (χ0) is 7.15. The van der Waals surface area contributed by atoms with Crippen LogP contribution in [0.25, 0.3) is 0 Å². The van der Waals surface area contributed by atoms with Crippen molar-refractivity contribution >= 4 is 126 Å². The van der Waals surface area contributed by atoms with E-state index < -0.39 is 12.3 Å². The van der Waals surface area contributed by atoms with Crippen LogP contribution in [0.15, 0.2) is 0 Å². The second-order valence-electron chi connectivity index (χ2n) is 0.500. The third-order valence-corrected chi connectivity index (χ3v) is 0. The molecule has 62 valence electrons. The van der Waals surface area contributed by atoms with E-state index in [0.717, 1.165) is 0 Å². The molecule has 11 heteroatoms. The van der Waals surface area contributed by atoms with Crippen LogP contribution in [-0.2, 0) is 11.0 Å². The Bertz CT molecular complexity index is 75.4. The summed E-state index contributed by atoms with van der Waals surface area (Å²) < 4.78 is 0. The molecule has 0 saturated carbocycles. The maximum absolute atomic E-state index is 8.33. The van der Waals surface area contributed by atoms with Gasteiger partial charge in [-0.1, -0.05) is 0 Å². The molecule has 0 spiro atoms. The minimum atomic E-state index is -2.33. The van der Waals surface area contributed by atoms with Crippen LogP contribution in [0, 0.1) is 0 Å². The Hall–Kier alpha value is 2.24. The standard InChI is InChI=1S/2CH2O3.3Ca.2O/c2*2-1(3)4;;;;;/h2*(H2,2,3,4);;;;;/q;;3*+2;2*-1/p-4. The molecule has 2 radical (unpaired) electrons. The van der Waals surface area contributed by atoms with Gasteiger partial charge in [0.15, 0.2) is 0 Å². The molecule has 0 aromatic carbocycles. The molecule has 0 unspecified atom stereocenters. The predicted molar refractivity (Wildman–Crippen MR) is 29.4 cm³/mol. The number of rotatable bonds is 0. The van der Waals surface area contributed by atoms with Gasteiger partial charge < -0.3 is 41.0 Å². The molecular weight excluding hydrogens is 272 g/mol. The zero-order valence-electron chi connectivity index (χ0n) is 6.39. The van der Waals surface area contributed by atoms with E-state index in [2.05, 4.69) is 0 Å². The van der Waals surface area contributed by atoms with Crippen LogP contribution in [0.1, 0.15) is 0 Å². The molecule has 8 nitrogen and oxygen atoms in total. The van der Waals surface area contributed by atoms with Crippen molar-refractivity contribution in [3.63, 3.8) is 0 Å². The Morgan fingerprint density at radius 3 is 0.615 bits per heavy atom. The van der Waals surface area contributed by atoms with Crippen LogP contribution in [0.3, 0.4) is 0 Å². The second-order valence-corrected chi connectivity index (χ2v) is 0.500. The van der Waals surface area contributed by atoms with Crippen molar-refractivity contribution < 1.29 is 41.0 Å². The predicted octanol–water partition coefficient (Wildman–Crippen LogP) is -6.27. The first-order valence-corrected chi connectivity index (χ1v) is 1.22. The van der Waals surface area contributed by atoms with E-state index in [1.54, 1.807) is 0 Å². The van der Waals surface area contributed by atoms with E-state index in [1.807, 2.05) is 0 Å². The van der Waals surface area contributed by atoms with Crippen LogP contribution in [0.2, 0.25) is 0 Å². The summed E-state index contributed by atoms with van der Waals surface area (Å²) in [7, 11) is 0. The third-order valence-electron chi connectivity index (χ3n) is 0. The van der Waals surface area contributed by atoms with E-state index in [1.165, 1.54) is 0 Å². The van der Waals surface area contributed by atoms with E-state index in [9.17, 15) is 0 Å². The summed E-state index contributed by atoms with van der Waals surface area (Å²) in [5.74, 6) is 0. The maximum atomic E-state index is 8.33. The molecule has 0 heterocycles. The fourth-order valence-electron chi connectivity index (χ4n) is 0. The van der Waals surface area contributed by atoms with Gasteiger partial charge in [-0.25, -0.2) is 0 Å². The molecule has 0 aliphatic rings. The van der Waals surface area contributed by atoms with Gasteiger partial charge in [-0.2, -0.15) is 0 Å². The van der Waals surface area contributed by atoms with E-state index >= 15 is 0 Å². The van der Waals surface area contributed by atoms with E-state index in [0.29, 0.717) is 0 Å². The topological polar surface area (TPSA) is 183 Å². The first-order chi connectivity index (χ1) is 3.46. The normalized spacial score (nSPS) is 3.69. The molecule has 0 saturated heterocycles. The van der Waals surface area contributed by atoms with Gasteiger partial charge in [0.2, 0.25) is 0 Å². The van der Waals surface area contributed by atoms with Gasteiger partial charge >= 0.3 is 113 Å². The first-order valence-electron chi connectivity index (χ1n) is 1.22. The first kappa shape index (κ1) is 45.5. The van der Waals surface area contributed by atoms with Crippen molar-refractivity contribution in [1.29, 1.82) is 0 Å². The van der Waals surface area contributed by atoms with Crippen molar-refractivity contribution in [1.82, 2.24) is 0 Å². The molecule has 0 atom stereocenters. The van der Waals surface area contributed by atoms with Crippen molar-refractivity contribution in [2.45, 2.75) is 0 Å². The minimum absolute atomic E-state index is 0. The van der Waals surface area contributed by atoms with Gasteiger partial charge in [0.25, 0.3) is 0 Å². The van der Waals surface area contributed by atoms with Crippen LogP contribution in [0.5, 0.6) is 0 Å². The molecule has 0 aromatic rings. The molecule has 13 heavy (non-hydrogen) atoms. The maximum Gasteiger partial charge on any atom is 2.00 e. The van der Waals surface area contributed by atoms with Gasteiger partial charge in [-0.3, -0.25) is 0 Å². The van der Waals surface area contributed by atoms with Gasteiger partial charge in [0, 0.05) is 0 Å². The van der Waals surface area contributed by atoms with Crippen LogP contribution in [-0.4, -0.2) is 126 Å². The molecular formula is C2Ca3O8.